The zero-order valence-electron chi connectivity index (χ0n) is 16.2. The van der Waals surface area contributed by atoms with Crippen molar-refractivity contribution in [1.29, 1.82) is 0 Å². The SMILES string of the molecule is Cc1cc(C(=O)NC(C)CCCC(C)C)c(C)n1Cc1ccccn1. The summed E-state index contributed by atoms with van der Waals surface area (Å²) >= 11 is 0. The van der Waals surface area contributed by atoms with E-state index in [1.807, 2.05) is 38.1 Å². The van der Waals surface area contributed by atoms with Crippen LogP contribution in [0.25, 0.3) is 0 Å². The van der Waals surface area contributed by atoms with Gasteiger partial charge in [0.1, 0.15) is 0 Å². The number of aryl methyl sites for hydroxylation is 1. The molecular formula is C21H31N3O. The third-order valence-corrected chi connectivity index (χ3v) is 4.66. The molecule has 136 valence electrons. The zero-order valence-corrected chi connectivity index (χ0v) is 16.2. The van der Waals surface area contributed by atoms with E-state index in [4.69, 9.17) is 0 Å². The first-order valence-electron chi connectivity index (χ1n) is 9.26. The summed E-state index contributed by atoms with van der Waals surface area (Å²) in [6.07, 6.45) is 5.18. The molecule has 2 heterocycles. The number of amides is 1. The molecule has 4 nitrogen and oxygen atoms in total. The van der Waals surface area contributed by atoms with Gasteiger partial charge >= 0.3 is 0 Å². The Morgan fingerprint density at radius 2 is 1.96 bits per heavy atom. The van der Waals surface area contributed by atoms with Crippen molar-refractivity contribution in [2.24, 2.45) is 5.92 Å². The van der Waals surface area contributed by atoms with Crippen LogP contribution in [0.4, 0.5) is 0 Å². The Balaban J connectivity index is 2.02. The van der Waals surface area contributed by atoms with Gasteiger partial charge in [-0.05, 0) is 51.3 Å². The topological polar surface area (TPSA) is 46.9 Å². The van der Waals surface area contributed by atoms with Gasteiger partial charge in [0.15, 0.2) is 0 Å². The van der Waals surface area contributed by atoms with E-state index in [1.54, 1.807) is 6.20 Å². The minimum Gasteiger partial charge on any atom is -0.350 e. The molecule has 0 aliphatic carbocycles. The molecule has 1 N–H and O–H groups in total. The molecule has 1 unspecified atom stereocenters. The lowest BCUT2D eigenvalue weighted by Crippen LogP contribution is -2.32. The fourth-order valence-electron chi connectivity index (χ4n) is 3.13. The Labute approximate surface area is 151 Å². The molecule has 0 aromatic carbocycles. The van der Waals surface area contributed by atoms with Gasteiger partial charge < -0.3 is 9.88 Å². The molecule has 0 bridgehead atoms. The molecule has 25 heavy (non-hydrogen) atoms. The number of rotatable bonds is 8. The van der Waals surface area contributed by atoms with Crippen molar-refractivity contribution >= 4 is 5.91 Å². The smallest absolute Gasteiger partial charge is 0.253 e. The number of carbonyl (C=O) groups is 1. The van der Waals surface area contributed by atoms with Gasteiger partial charge in [-0.25, -0.2) is 0 Å². The summed E-state index contributed by atoms with van der Waals surface area (Å²) in [5.41, 5.74) is 3.85. The maximum absolute atomic E-state index is 12.7. The van der Waals surface area contributed by atoms with Gasteiger partial charge in [-0.2, -0.15) is 0 Å². The summed E-state index contributed by atoms with van der Waals surface area (Å²) in [4.78, 5) is 17.0. The van der Waals surface area contributed by atoms with Gasteiger partial charge in [-0.3, -0.25) is 9.78 Å². The van der Waals surface area contributed by atoms with E-state index in [1.165, 1.54) is 6.42 Å². The standard InChI is InChI=1S/C21H31N3O/c1-15(2)9-8-10-16(3)23-21(25)20-13-17(4)24(18(20)5)14-19-11-6-7-12-22-19/h6-7,11-13,15-16H,8-10,14H2,1-5H3,(H,23,25). The van der Waals surface area contributed by atoms with Crippen molar-refractivity contribution in [2.75, 3.05) is 0 Å². The van der Waals surface area contributed by atoms with Crippen molar-refractivity contribution in [1.82, 2.24) is 14.9 Å². The van der Waals surface area contributed by atoms with Gasteiger partial charge in [0.05, 0.1) is 17.8 Å². The fourth-order valence-corrected chi connectivity index (χ4v) is 3.13. The second kappa shape index (κ2) is 8.84. The normalized spacial score (nSPS) is 12.4. The maximum atomic E-state index is 12.7. The molecule has 2 aromatic heterocycles. The average Bonchev–Trinajstić information content (AvgIpc) is 2.83. The van der Waals surface area contributed by atoms with Gasteiger partial charge in [0.25, 0.3) is 5.91 Å². The maximum Gasteiger partial charge on any atom is 0.253 e. The summed E-state index contributed by atoms with van der Waals surface area (Å²) in [6.45, 7) is 11.3. The van der Waals surface area contributed by atoms with E-state index in [9.17, 15) is 4.79 Å². The number of pyridine rings is 1. The molecule has 0 aliphatic rings. The molecule has 1 amide bonds. The monoisotopic (exact) mass is 341 g/mol. The summed E-state index contributed by atoms with van der Waals surface area (Å²) in [7, 11) is 0. The minimum absolute atomic E-state index is 0.0254. The molecule has 0 saturated heterocycles. The van der Waals surface area contributed by atoms with Crippen LogP contribution < -0.4 is 5.32 Å². The van der Waals surface area contributed by atoms with Crippen molar-refractivity contribution < 1.29 is 4.79 Å². The van der Waals surface area contributed by atoms with Crippen LogP contribution in [0.5, 0.6) is 0 Å². The van der Waals surface area contributed by atoms with Gasteiger partial charge in [-0.15, -0.1) is 0 Å². The van der Waals surface area contributed by atoms with Gasteiger partial charge in [-0.1, -0.05) is 32.8 Å². The van der Waals surface area contributed by atoms with Crippen LogP contribution >= 0.6 is 0 Å². The van der Waals surface area contributed by atoms with E-state index < -0.39 is 0 Å². The van der Waals surface area contributed by atoms with Gasteiger partial charge in [0.2, 0.25) is 0 Å². The van der Waals surface area contributed by atoms with E-state index >= 15 is 0 Å². The Morgan fingerprint density at radius 1 is 1.20 bits per heavy atom. The van der Waals surface area contributed by atoms with Crippen molar-refractivity contribution in [3.63, 3.8) is 0 Å². The van der Waals surface area contributed by atoms with Crippen LogP contribution in [0.3, 0.4) is 0 Å². The molecule has 0 fully saturated rings. The third kappa shape index (κ3) is 5.45. The van der Waals surface area contributed by atoms with E-state index in [-0.39, 0.29) is 11.9 Å². The van der Waals surface area contributed by atoms with E-state index in [0.29, 0.717) is 12.5 Å². The second-order valence-electron chi connectivity index (χ2n) is 7.39. The number of hydrogen-bond acceptors (Lipinski definition) is 2. The predicted molar refractivity (Wildman–Crippen MR) is 103 cm³/mol. The highest BCUT2D eigenvalue weighted by atomic mass is 16.1. The lowest BCUT2D eigenvalue weighted by Gasteiger charge is -2.15. The average molecular weight is 341 g/mol. The van der Waals surface area contributed by atoms with Crippen molar-refractivity contribution in [2.45, 2.75) is 66.5 Å². The first-order chi connectivity index (χ1) is 11.9. The molecule has 0 spiro atoms. The summed E-state index contributed by atoms with van der Waals surface area (Å²) in [6, 6.07) is 8.09. The van der Waals surface area contributed by atoms with Gasteiger partial charge in [0, 0.05) is 23.6 Å². The van der Waals surface area contributed by atoms with E-state index in [0.717, 1.165) is 35.5 Å². The van der Waals surface area contributed by atoms with Crippen molar-refractivity contribution in [3.8, 4) is 0 Å². The molecule has 0 radical (unpaired) electrons. The Kier molecular flexibility index (Phi) is 6.80. The lowest BCUT2D eigenvalue weighted by molar-refractivity contribution is 0.0937. The first kappa shape index (κ1) is 19.2. The molecule has 0 saturated carbocycles. The van der Waals surface area contributed by atoms with Crippen LogP contribution in [0.2, 0.25) is 0 Å². The molecule has 4 heteroatoms. The quantitative estimate of drug-likeness (QED) is 0.769. The lowest BCUT2D eigenvalue weighted by atomic mass is 10.0. The summed E-state index contributed by atoms with van der Waals surface area (Å²) in [5, 5.41) is 3.15. The number of hydrogen-bond donors (Lipinski definition) is 1. The van der Waals surface area contributed by atoms with Crippen LogP contribution in [-0.2, 0) is 6.54 Å². The third-order valence-electron chi connectivity index (χ3n) is 4.66. The molecule has 0 aliphatic heterocycles. The van der Waals surface area contributed by atoms with E-state index in [2.05, 4.69) is 35.6 Å². The predicted octanol–water partition coefficient (Wildman–Crippen LogP) is 4.49. The molecule has 1 atom stereocenters. The highest BCUT2D eigenvalue weighted by molar-refractivity contribution is 5.95. The number of nitrogens with one attached hydrogen (secondary N) is 1. The number of nitrogens with zero attached hydrogens (tertiary/aromatic N) is 2. The number of carbonyl (C=O) groups excluding carboxylic acids is 1. The van der Waals surface area contributed by atoms with Crippen LogP contribution in [0.1, 0.15) is 67.5 Å². The summed E-state index contributed by atoms with van der Waals surface area (Å²) in [5.74, 6) is 0.742. The molecular weight excluding hydrogens is 310 g/mol. The Bertz CT molecular complexity index is 689. The second-order valence-corrected chi connectivity index (χ2v) is 7.39. The zero-order chi connectivity index (χ0) is 18.4. The molecule has 2 aromatic rings. The highest BCUT2D eigenvalue weighted by Crippen LogP contribution is 2.17. The number of aromatic nitrogens is 2. The molecule has 2 rings (SSSR count). The first-order valence-corrected chi connectivity index (χ1v) is 9.26. The summed E-state index contributed by atoms with van der Waals surface area (Å²) < 4.78 is 2.15. The van der Waals surface area contributed by atoms with Crippen LogP contribution in [0, 0.1) is 19.8 Å². The Morgan fingerprint density at radius 3 is 2.60 bits per heavy atom. The largest absolute Gasteiger partial charge is 0.350 e. The minimum atomic E-state index is 0.0254. The Hall–Kier alpha value is -2.10. The fraction of sp³-hybridized carbons (Fsp3) is 0.524. The van der Waals surface area contributed by atoms with Crippen LogP contribution in [-0.4, -0.2) is 21.5 Å². The highest BCUT2D eigenvalue weighted by Gasteiger charge is 2.17. The van der Waals surface area contributed by atoms with Crippen LogP contribution in [0.15, 0.2) is 30.5 Å². The van der Waals surface area contributed by atoms with Crippen molar-refractivity contribution in [3.05, 3.63) is 53.1 Å².